The Morgan fingerprint density at radius 1 is 1.19 bits per heavy atom. The average molecular weight is 372 g/mol. The molecule has 6 heteroatoms. The van der Waals surface area contributed by atoms with E-state index in [1.165, 1.54) is 11.3 Å². The molecule has 26 heavy (non-hydrogen) atoms. The highest BCUT2D eigenvalue weighted by Gasteiger charge is 2.22. The molecule has 0 radical (unpaired) electrons. The van der Waals surface area contributed by atoms with E-state index in [9.17, 15) is 9.59 Å². The summed E-state index contributed by atoms with van der Waals surface area (Å²) < 4.78 is 5.25. The second-order valence-electron chi connectivity index (χ2n) is 6.88. The van der Waals surface area contributed by atoms with Crippen molar-refractivity contribution in [2.75, 3.05) is 6.61 Å². The number of amides is 1. The summed E-state index contributed by atoms with van der Waals surface area (Å²) >= 11 is 1.29. The van der Waals surface area contributed by atoms with Crippen molar-refractivity contribution in [2.45, 2.75) is 45.6 Å². The van der Waals surface area contributed by atoms with Crippen molar-refractivity contribution in [2.24, 2.45) is 5.92 Å². The minimum atomic E-state index is -0.498. The molecular weight excluding hydrogens is 348 g/mol. The first kappa shape index (κ1) is 18.6. The average Bonchev–Trinajstić information content (AvgIpc) is 3.04. The Kier molecular flexibility index (Phi) is 6.04. The molecule has 1 amide bonds. The number of carbonyl (C=O) groups excluding carboxylic acids is 2. The molecule has 0 spiro atoms. The second-order valence-corrected chi connectivity index (χ2v) is 8.08. The number of aromatic nitrogens is 1. The quantitative estimate of drug-likeness (QED) is 0.807. The highest BCUT2D eigenvalue weighted by Crippen LogP contribution is 2.28. The third kappa shape index (κ3) is 4.69. The second kappa shape index (κ2) is 8.45. The number of hydrogen-bond acceptors (Lipinski definition) is 5. The lowest BCUT2D eigenvalue weighted by molar-refractivity contribution is -0.125. The molecule has 2 aromatic rings. The van der Waals surface area contributed by atoms with Gasteiger partial charge in [-0.1, -0.05) is 37.3 Å². The molecule has 3 rings (SSSR count). The van der Waals surface area contributed by atoms with E-state index in [1.54, 1.807) is 0 Å². The van der Waals surface area contributed by atoms with Crippen LogP contribution in [0, 0.1) is 12.8 Å². The lowest BCUT2D eigenvalue weighted by Crippen LogP contribution is -2.39. The molecule has 5 nitrogen and oxygen atoms in total. The van der Waals surface area contributed by atoms with Gasteiger partial charge in [-0.15, -0.1) is 11.3 Å². The summed E-state index contributed by atoms with van der Waals surface area (Å²) in [5.74, 6) is -0.00535. The van der Waals surface area contributed by atoms with Crippen LogP contribution in [-0.2, 0) is 9.53 Å². The minimum Gasteiger partial charge on any atom is -0.451 e. The monoisotopic (exact) mass is 372 g/mol. The molecular formula is C20H24N2O3S. The third-order valence-electron chi connectivity index (χ3n) is 4.68. The molecule has 1 aromatic heterocycles. The summed E-state index contributed by atoms with van der Waals surface area (Å²) in [4.78, 5) is 29.4. The number of carbonyl (C=O) groups is 2. The van der Waals surface area contributed by atoms with E-state index in [0.717, 1.165) is 42.2 Å². The summed E-state index contributed by atoms with van der Waals surface area (Å²) in [6.07, 6.45) is 4.25. The fraction of sp³-hybridized carbons (Fsp3) is 0.450. The summed E-state index contributed by atoms with van der Waals surface area (Å²) in [6, 6.07) is 9.72. The molecule has 138 valence electrons. The van der Waals surface area contributed by atoms with E-state index in [1.807, 2.05) is 37.3 Å². The normalized spacial score (nSPS) is 19.8. The maximum atomic E-state index is 12.5. The first-order chi connectivity index (χ1) is 12.5. The zero-order valence-corrected chi connectivity index (χ0v) is 16.0. The highest BCUT2D eigenvalue weighted by atomic mass is 32.1. The van der Waals surface area contributed by atoms with E-state index in [4.69, 9.17) is 4.74 Å². The number of benzene rings is 1. The largest absolute Gasteiger partial charge is 0.451 e. The summed E-state index contributed by atoms with van der Waals surface area (Å²) in [5, 5.41) is 3.76. The molecule has 0 aliphatic heterocycles. The van der Waals surface area contributed by atoms with Crippen LogP contribution >= 0.6 is 11.3 Å². The van der Waals surface area contributed by atoms with Crippen molar-refractivity contribution in [3.8, 4) is 11.3 Å². The lowest BCUT2D eigenvalue weighted by Gasteiger charge is -2.26. The van der Waals surface area contributed by atoms with Crippen LogP contribution in [-0.4, -0.2) is 29.5 Å². The number of esters is 1. The fourth-order valence-corrected chi connectivity index (χ4v) is 4.06. The first-order valence-electron chi connectivity index (χ1n) is 9.02. The molecule has 1 aliphatic carbocycles. The van der Waals surface area contributed by atoms with Crippen molar-refractivity contribution in [1.82, 2.24) is 10.3 Å². The number of aryl methyl sites for hydroxylation is 1. The molecule has 1 aliphatic rings. The number of thiazole rings is 1. The molecule has 1 N–H and O–H groups in total. The Hall–Kier alpha value is -2.21. The minimum absolute atomic E-state index is 0.197. The number of nitrogens with zero attached hydrogens (tertiary/aromatic N) is 1. The summed E-state index contributed by atoms with van der Waals surface area (Å²) in [7, 11) is 0. The predicted octanol–water partition coefficient (Wildman–Crippen LogP) is 3.97. The van der Waals surface area contributed by atoms with Crippen LogP contribution in [0.5, 0.6) is 0 Å². The van der Waals surface area contributed by atoms with Crippen molar-refractivity contribution in [3.63, 3.8) is 0 Å². The molecule has 1 heterocycles. The van der Waals surface area contributed by atoms with E-state index in [-0.39, 0.29) is 18.6 Å². The van der Waals surface area contributed by atoms with E-state index in [0.29, 0.717) is 10.6 Å². The number of hydrogen-bond donors (Lipinski definition) is 1. The molecule has 0 atom stereocenters. The van der Waals surface area contributed by atoms with Crippen LogP contribution in [0.2, 0.25) is 0 Å². The number of ether oxygens (including phenoxy) is 1. The highest BCUT2D eigenvalue weighted by molar-refractivity contribution is 7.14. The van der Waals surface area contributed by atoms with Gasteiger partial charge in [0, 0.05) is 11.6 Å². The maximum absolute atomic E-state index is 12.5. The van der Waals surface area contributed by atoms with Gasteiger partial charge >= 0.3 is 5.97 Å². The molecule has 0 saturated heterocycles. The summed E-state index contributed by atoms with van der Waals surface area (Å²) in [5.41, 5.74) is 1.48. The Morgan fingerprint density at radius 3 is 2.58 bits per heavy atom. The Labute approximate surface area is 157 Å². The van der Waals surface area contributed by atoms with Crippen molar-refractivity contribution in [1.29, 1.82) is 0 Å². The molecule has 1 aromatic carbocycles. The van der Waals surface area contributed by atoms with Gasteiger partial charge in [0.15, 0.2) is 6.61 Å². The van der Waals surface area contributed by atoms with Crippen LogP contribution in [0.1, 0.15) is 47.3 Å². The fourth-order valence-electron chi connectivity index (χ4n) is 3.23. The topological polar surface area (TPSA) is 68.3 Å². The zero-order valence-electron chi connectivity index (χ0n) is 15.2. The predicted molar refractivity (Wildman–Crippen MR) is 102 cm³/mol. The van der Waals surface area contributed by atoms with Crippen LogP contribution < -0.4 is 5.32 Å². The molecule has 0 unspecified atom stereocenters. The molecule has 1 fully saturated rings. The Balaban J connectivity index is 1.58. The van der Waals surface area contributed by atoms with Gasteiger partial charge in [0.05, 0.1) is 10.7 Å². The van der Waals surface area contributed by atoms with Crippen molar-refractivity contribution < 1.29 is 14.3 Å². The Morgan fingerprint density at radius 2 is 1.88 bits per heavy atom. The van der Waals surface area contributed by atoms with Gasteiger partial charge in [0.25, 0.3) is 5.91 Å². The summed E-state index contributed by atoms with van der Waals surface area (Å²) in [6.45, 7) is 3.84. The van der Waals surface area contributed by atoms with Crippen molar-refractivity contribution in [3.05, 3.63) is 40.2 Å². The van der Waals surface area contributed by atoms with Crippen LogP contribution in [0.4, 0.5) is 0 Å². The van der Waals surface area contributed by atoms with Gasteiger partial charge in [0.1, 0.15) is 4.88 Å². The van der Waals surface area contributed by atoms with Gasteiger partial charge in [-0.25, -0.2) is 9.78 Å². The Bertz CT molecular complexity index is 765. The standard InChI is InChI=1S/C20H24N2O3S/c1-13-8-10-16(11-9-13)22-17(23)12-25-20(24)19-18(21-14(2)26-19)15-6-4-3-5-7-15/h3-7,13,16H,8-12H2,1-2H3,(H,22,23). The van der Waals surface area contributed by atoms with Gasteiger partial charge in [-0.3, -0.25) is 4.79 Å². The van der Waals surface area contributed by atoms with Gasteiger partial charge in [-0.2, -0.15) is 0 Å². The molecule has 1 saturated carbocycles. The number of rotatable bonds is 5. The maximum Gasteiger partial charge on any atom is 0.351 e. The van der Waals surface area contributed by atoms with E-state index < -0.39 is 5.97 Å². The van der Waals surface area contributed by atoms with Crippen LogP contribution in [0.3, 0.4) is 0 Å². The lowest BCUT2D eigenvalue weighted by atomic mass is 9.87. The third-order valence-corrected chi connectivity index (χ3v) is 5.63. The van der Waals surface area contributed by atoms with Gasteiger partial charge in [0.2, 0.25) is 0 Å². The smallest absolute Gasteiger partial charge is 0.351 e. The first-order valence-corrected chi connectivity index (χ1v) is 9.84. The number of nitrogens with one attached hydrogen (secondary N) is 1. The van der Waals surface area contributed by atoms with Gasteiger partial charge in [-0.05, 0) is 38.5 Å². The van der Waals surface area contributed by atoms with Crippen LogP contribution in [0.15, 0.2) is 30.3 Å². The van der Waals surface area contributed by atoms with Crippen molar-refractivity contribution >= 4 is 23.2 Å². The van der Waals surface area contributed by atoms with Gasteiger partial charge < -0.3 is 10.1 Å². The van der Waals surface area contributed by atoms with E-state index >= 15 is 0 Å². The van der Waals surface area contributed by atoms with Crippen LogP contribution in [0.25, 0.3) is 11.3 Å². The van der Waals surface area contributed by atoms with E-state index in [2.05, 4.69) is 17.2 Å². The molecule has 0 bridgehead atoms. The SMILES string of the molecule is Cc1nc(-c2ccccc2)c(C(=O)OCC(=O)NC2CCC(C)CC2)s1. The zero-order chi connectivity index (χ0) is 18.5.